The van der Waals surface area contributed by atoms with Crippen LogP contribution in [0, 0.1) is 5.92 Å². The number of hydrogen-bond donors (Lipinski definition) is 1. The third-order valence-corrected chi connectivity index (χ3v) is 2.67. The van der Waals surface area contributed by atoms with Crippen LogP contribution >= 0.6 is 11.6 Å². The Bertz CT molecular complexity index is 182. The molecule has 0 aromatic rings. The summed E-state index contributed by atoms with van der Waals surface area (Å²) in [7, 11) is 0. The van der Waals surface area contributed by atoms with E-state index in [2.05, 4.69) is 4.90 Å². The monoisotopic (exact) mass is 205 g/mol. The average Bonchev–Trinajstić information content (AvgIpc) is 2.86. The van der Waals surface area contributed by atoms with Crippen molar-refractivity contribution in [1.82, 2.24) is 4.90 Å². The van der Waals surface area contributed by atoms with Gasteiger partial charge in [0.25, 0.3) is 0 Å². The topological polar surface area (TPSA) is 40.5 Å². The molecule has 13 heavy (non-hydrogen) atoms. The number of hydrogen-bond acceptors (Lipinski definition) is 2. The Kier molecular flexibility index (Phi) is 4.00. The minimum Gasteiger partial charge on any atom is -0.480 e. The lowest BCUT2D eigenvalue weighted by molar-refractivity contribution is -0.136. The molecule has 0 aromatic heterocycles. The molecule has 0 aliphatic heterocycles. The number of halogens is 1. The van der Waals surface area contributed by atoms with Gasteiger partial charge in [-0.3, -0.25) is 4.79 Å². The molecule has 0 radical (unpaired) electrons. The van der Waals surface area contributed by atoms with Gasteiger partial charge >= 0.3 is 5.97 Å². The Balaban J connectivity index is 2.24. The van der Waals surface area contributed by atoms with Crippen LogP contribution in [0.3, 0.4) is 0 Å². The molecular weight excluding hydrogens is 190 g/mol. The zero-order chi connectivity index (χ0) is 9.84. The number of carbonyl (C=O) groups is 1. The molecule has 4 heteroatoms. The third-order valence-electron chi connectivity index (χ3n) is 2.35. The molecule has 0 bridgehead atoms. The minimum absolute atomic E-state index is 0.462. The average molecular weight is 206 g/mol. The van der Waals surface area contributed by atoms with E-state index in [9.17, 15) is 4.79 Å². The van der Waals surface area contributed by atoms with Gasteiger partial charge in [-0.1, -0.05) is 6.92 Å². The SMILES string of the molecule is CCN(CC1CC1)CC(Cl)C(=O)O. The zero-order valence-electron chi connectivity index (χ0n) is 7.87. The van der Waals surface area contributed by atoms with Gasteiger partial charge in [-0.25, -0.2) is 0 Å². The van der Waals surface area contributed by atoms with Gasteiger partial charge in [-0.2, -0.15) is 0 Å². The van der Waals surface area contributed by atoms with E-state index >= 15 is 0 Å². The van der Waals surface area contributed by atoms with Crippen molar-refractivity contribution in [1.29, 1.82) is 0 Å². The highest BCUT2D eigenvalue weighted by Crippen LogP contribution is 2.29. The third kappa shape index (κ3) is 3.96. The van der Waals surface area contributed by atoms with E-state index in [4.69, 9.17) is 16.7 Å². The van der Waals surface area contributed by atoms with Gasteiger partial charge in [0, 0.05) is 13.1 Å². The first-order valence-electron chi connectivity index (χ1n) is 4.72. The van der Waals surface area contributed by atoms with Crippen molar-refractivity contribution < 1.29 is 9.90 Å². The van der Waals surface area contributed by atoms with Gasteiger partial charge in [0.05, 0.1) is 0 Å². The smallest absolute Gasteiger partial charge is 0.322 e. The summed E-state index contributed by atoms with van der Waals surface area (Å²) < 4.78 is 0. The fourth-order valence-corrected chi connectivity index (χ4v) is 1.50. The normalized spacial score (nSPS) is 19.0. The van der Waals surface area contributed by atoms with E-state index in [1.807, 2.05) is 6.92 Å². The second kappa shape index (κ2) is 4.82. The lowest BCUT2D eigenvalue weighted by atomic mass is 10.3. The van der Waals surface area contributed by atoms with Crippen molar-refractivity contribution in [3.63, 3.8) is 0 Å². The number of rotatable bonds is 6. The van der Waals surface area contributed by atoms with E-state index in [0.29, 0.717) is 6.54 Å². The van der Waals surface area contributed by atoms with Crippen LogP contribution in [-0.4, -0.2) is 41.0 Å². The van der Waals surface area contributed by atoms with Crippen LogP contribution in [0.5, 0.6) is 0 Å². The van der Waals surface area contributed by atoms with E-state index < -0.39 is 11.3 Å². The van der Waals surface area contributed by atoms with Gasteiger partial charge in [0.15, 0.2) is 0 Å². The number of nitrogens with zero attached hydrogens (tertiary/aromatic N) is 1. The molecule has 1 atom stereocenters. The predicted molar refractivity (Wildman–Crippen MR) is 52.1 cm³/mol. The zero-order valence-corrected chi connectivity index (χ0v) is 8.63. The number of carboxylic acid groups (broad SMARTS) is 1. The molecule has 76 valence electrons. The molecule has 1 aliphatic carbocycles. The maximum Gasteiger partial charge on any atom is 0.322 e. The van der Waals surface area contributed by atoms with E-state index in [0.717, 1.165) is 19.0 Å². The Morgan fingerprint density at radius 3 is 2.69 bits per heavy atom. The van der Waals surface area contributed by atoms with Crippen LogP contribution in [0.4, 0.5) is 0 Å². The van der Waals surface area contributed by atoms with Crippen LogP contribution in [0.2, 0.25) is 0 Å². The van der Waals surface area contributed by atoms with Gasteiger partial charge in [-0.05, 0) is 25.3 Å². The minimum atomic E-state index is -0.920. The van der Waals surface area contributed by atoms with E-state index in [1.165, 1.54) is 12.8 Å². The number of alkyl halides is 1. The number of carboxylic acids is 1. The summed E-state index contributed by atoms with van der Waals surface area (Å²) in [5.41, 5.74) is 0. The van der Waals surface area contributed by atoms with Crippen molar-refractivity contribution in [3.05, 3.63) is 0 Å². The first-order valence-corrected chi connectivity index (χ1v) is 5.16. The summed E-state index contributed by atoms with van der Waals surface area (Å²) in [6.07, 6.45) is 2.58. The summed E-state index contributed by atoms with van der Waals surface area (Å²) in [4.78, 5) is 12.6. The lowest BCUT2D eigenvalue weighted by Crippen LogP contribution is -2.35. The molecular formula is C9H16ClNO2. The molecule has 3 nitrogen and oxygen atoms in total. The second-order valence-electron chi connectivity index (χ2n) is 3.60. The second-order valence-corrected chi connectivity index (χ2v) is 4.13. The van der Waals surface area contributed by atoms with Gasteiger partial charge in [-0.15, -0.1) is 11.6 Å². The summed E-state index contributed by atoms with van der Waals surface area (Å²) in [5.74, 6) is -0.131. The summed E-state index contributed by atoms with van der Waals surface area (Å²) in [6.45, 7) is 4.39. The van der Waals surface area contributed by atoms with Crippen LogP contribution in [0.25, 0.3) is 0 Å². The van der Waals surface area contributed by atoms with Gasteiger partial charge in [0.1, 0.15) is 5.38 Å². The molecule has 1 aliphatic rings. The molecule has 1 rings (SSSR count). The molecule has 0 spiro atoms. The molecule has 1 N–H and O–H groups in total. The molecule has 1 fully saturated rings. The number of aliphatic carboxylic acids is 1. The Labute approximate surface area is 83.7 Å². The molecule has 0 aromatic carbocycles. The maximum absolute atomic E-state index is 10.5. The van der Waals surface area contributed by atoms with Crippen LogP contribution in [0.15, 0.2) is 0 Å². The largest absolute Gasteiger partial charge is 0.480 e. The van der Waals surface area contributed by atoms with Gasteiger partial charge in [0.2, 0.25) is 0 Å². The molecule has 0 heterocycles. The predicted octanol–water partition coefficient (Wildman–Crippen LogP) is 1.41. The summed E-state index contributed by atoms with van der Waals surface area (Å²) in [6, 6.07) is 0. The Morgan fingerprint density at radius 1 is 1.69 bits per heavy atom. The molecule has 0 amide bonds. The summed E-state index contributed by atoms with van der Waals surface area (Å²) >= 11 is 5.65. The Hall–Kier alpha value is -0.280. The van der Waals surface area contributed by atoms with Crippen molar-refractivity contribution in [2.45, 2.75) is 25.1 Å². The van der Waals surface area contributed by atoms with E-state index in [-0.39, 0.29) is 0 Å². The fourth-order valence-electron chi connectivity index (χ4n) is 1.30. The molecule has 1 saturated carbocycles. The van der Waals surface area contributed by atoms with Crippen LogP contribution in [0.1, 0.15) is 19.8 Å². The fraction of sp³-hybridized carbons (Fsp3) is 0.889. The van der Waals surface area contributed by atoms with Crippen LogP contribution in [-0.2, 0) is 4.79 Å². The quantitative estimate of drug-likeness (QED) is 0.667. The molecule has 1 unspecified atom stereocenters. The Morgan fingerprint density at radius 2 is 2.31 bits per heavy atom. The van der Waals surface area contributed by atoms with Crippen molar-refractivity contribution in [3.8, 4) is 0 Å². The van der Waals surface area contributed by atoms with Crippen molar-refractivity contribution in [2.75, 3.05) is 19.6 Å². The van der Waals surface area contributed by atoms with Crippen molar-refractivity contribution in [2.24, 2.45) is 5.92 Å². The van der Waals surface area contributed by atoms with Gasteiger partial charge < -0.3 is 10.0 Å². The standard InChI is InChI=1S/C9H16ClNO2/c1-2-11(5-7-3-4-7)6-8(10)9(12)13/h7-8H,2-6H2,1H3,(H,12,13). The van der Waals surface area contributed by atoms with E-state index in [1.54, 1.807) is 0 Å². The van der Waals surface area contributed by atoms with Crippen molar-refractivity contribution >= 4 is 17.6 Å². The lowest BCUT2D eigenvalue weighted by Gasteiger charge is -2.21. The molecule has 0 saturated heterocycles. The van der Waals surface area contributed by atoms with Crippen LogP contribution < -0.4 is 0 Å². The highest BCUT2D eigenvalue weighted by molar-refractivity contribution is 6.29. The highest BCUT2D eigenvalue weighted by atomic mass is 35.5. The summed E-state index contributed by atoms with van der Waals surface area (Å²) in [5, 5.41) is 7.85. The highest BCUT2D eigenvalue weighted by Gasteiger charge is 2.25. The first-order chi connectivity index (χ1) is 6.13. The first kappa shape index (κ1) is 10.8. The maximum atomic E-state index is 10.5.